The molecule has 2 heterocycles. The Balaban J connectivity index is 2.16. The van der Waals surface area contributed by atoms with Crippen LogP contribution in [0.5, 0.6) is 0 Å². The minimum absolute atomic E-state index is 0.0415. The molecule has 104 valence electrons. The molecule has 1 fully saturated rings. The summed E-state index contributed by atoms with van der Waals surface area (Å²) in [7, 11) is 0. The molecule has 7 heteroatoms. The number of hydrogen-bond acceptors (Lipinski definition) is 5. The number of nitrogens with one attached hydrogen (secondary N) is 1. The SMILES string of the molecule is CC1CN(C(=O)c2cnc(NN)c(Cl)c2)CCCO1. The van der Waals surface area contributed by atoms with E-state index in [1.807, 2.05) is 6.92 Å². The fourth-order valence-electron chi connectivity index (χ4n) is 2.02. The number of anilines is 1. The van der Waals surface area contributed by atoms with Gasteiger partial charge in [0.15, 0.2) is 5.82 Å². The number of nitrogens with two attached hydrogens (primary N) is 1. The number of rotatable bonds is 2. The lowest BCUT2D eigenvalue weighted by molar-refractivity contribution is 0.0562. The van der Waals surface area contributed by atoms with Gasteiger partial charge in [-0.05, 0) is 19.4 Å². The summed E-state index contributed by atoms with van der Waals surface area (Å²) in [6.07, 6.45) is 2.35. The zero-order chi connectivity index (χ0) is 13.8. The molecule has 0 saturated carbocycles. The molecule has 0 bridgehead atoms. The fraction of sp³-hybridized carbons (Fsp3) is 0.500. The Bertz CT molecular complexity index is 469. The number of hydrazine groups is 1. The molecule has 1 unspecified atom stereocenters. The van der Waals surface area contributed by atoms with Crippen LogP contribution in [0.4, 0.5) is 5.82 Å². The number of nitrogen functional groups attached to an aromatic ring is 1. The highest BCUT2D eigenvalue weighted by Gasteiger charge is 2.21. The standard InChI is InChI=1S/C12H17ClN4O2/c1-8-7-17(3-2-4-19-8)12(18)9-5-10(13)11(16-14)15-6-9/h5-6,8H,2-4,7,14H2,1H3,(H,15,16). The van der Waals surface area contributed by atoms with Crippen molar-refractivity contribution < 1.29 is 9.53 Å². The molecular formula is C12H17ClN4O2. The van der Waals surface area contributed by atoms with Crippen molar-refractivity contribution in [1.82, 2.24) is 9.88 Å². The largest absolute Gasteiger partial charge is 0.377 e. The molecule has 1 aliphatic heterocycles. The van der Waals surface area contributed by atoms with E-state index in [9.17, 15) is 4.79 Å². The Morgan fingerprint density at radius 1 is 1.68 bits per heavy atom. The molecule has 1 saturated heterocycles. The maximum atomic E-state index is 12.4. The molecule has 0 aliphatic carbocycles. The first-order chi connectivity index (χ1) is 9.11. The van der Waals surface area contributed by atoms with Crippen molar-refractivity contribution in [1.29, 1.82) is 0 Å². The Hall–Kier alpha value is -1.37. The van der Waals surface area contributed by atoms with Gasteiger partial charge in [-0.3, -0.25) is 4.79 Å². The number of pyridine rings is 1. The van der Waals surface area contributed by atoms with E-state index >= 15 is 0 Å². The van der Waals surface area contributed by atoms with E-state index in [0.29, 0.717) is 36.1 Å². The zero-order valence-electron chi connectivity index (χ0n) is 10.7. The van der Waals surface area contributed by atoms with Crippen LogP contribution in [0.25, 0.3) is 0 Å². The van der Waals surface area contributed by atoms with Crippen molar-refractivity contribution in [3.63, 3.8) is 0 Å². The van der Waals surface area contributed by atoms with Crippen LogP contribution in [-0.4, -0.2) is 41.6 Å². The summed E-state index contributed by atoms with van der Waals surface area (Å²) in [5, 5.41) is 0.326. The summed E-state index contributed by atoms with van der Waals surface area (Å²) >= 11 is 5.97. The summed E-state index contributed by atoms with van der Waals surface area (Å²) in [5.74, 6) is 5.51. The molecule has 0 radical (unpaired) electrons. The van der Waals surface area contributed by atoms with Crippen LogP contribution in [0.15, 0.2) is 12.3 Å². The summed E-state index contributed by atoms with van der Waals surface area (Å²) in [5.41, 5.74) is 2.83. The van der Waals surface area contributed by atoms with Gasteiger partial charge in [-0.15, -0.1) is 0 Å². The second kappa shape index (κ2) is 6.18. The van der Waals surface area contributed by atoms with Crippen LogP contribution >= 0.6 is 11.6 Å². The number of carbonyl (C=O) groups excluding carboxylic acids is 1. The molecule has 1 atom stereocenters. The van der Waals surface area contributed by atoms with Crippen LogP contribution in [0.1, 0.15) is 23.7 Å². The number of ether oxygens (including phenoxy) is 1. The van der Waals surface area contributed by atoms with E-state index in [1.54, 1.807) is 11.0 Å². The molecule has 3 N–H and O–H groups in total. The van der Waals surface area contributed by atoms with Gasteiger partial charge in [-0.2, -0.15) is 0 Å². The van der Waals surface area contributed by atoms with Gasteiger partial charge in [0.25, 0.3) is 5.91 Å². The fourth-order valence-corrected chi connectivity index (χ4v) is 2.24. The normalized spacial score (nSPS) is 19.9. The molecule has 19 heavy (non-hydrogen) atoms. The van der Waals surface area contributed by atoms with Gasteiger partial charge in [-0.1, -0.05) is 11.6 Å². The van der Waals surface area contributed by atoms with Crippen molar-refractivity contribution in [2.75, 3.05) is 25.1 Å². The number of aromatic nitrogens is 1. The summed E-state index contributed by atoms with van der Waals surface area (Å²) in [4.78, 5) is 18.1. The minimum atomic E-state index is -0.0877. The zero-order valence-corrected chi connectivity index (χ0v) is 11.5. The molecule has 1 aromatic heterocycles. The highest BCUT2D eigenvalue weighted by Crippen LogP contribution is 2.20. The third-order valence-corrected chi connectivity index (χ3v) is 3.25. The predicted octanol–water partition coefficient (Wildman–Crippen LogP) is 1.27. The van der Waals surface area contributed by atoms with Crippen LogP contribution in [0.2, 0.25) is 5.02 Å². The average Bonchev–Trinajstić information content (AvgIpc) is 2.62. The Morgan fingerprint density at radius 3 is 3.16 bits per heavy atom. The van der Waals surface area contributed by atoms with Crippen molar-refractivity contribution >= 4 is 23.3 Å². The van der Waals surface area contributed by atoms with Crippen LogP contribution in [0, 0.1) is 0 Å². The second-order valence-corrected chi connectivity index (χ2v) is 4.89. The van der Waals surface area contributed by atoms with Crippen molar-refractivity contribution in [3.8, 4) is 0 Å². The quantitative estimate of drug-likeness (QED) is 0.631. The molecule has 2 rings (SSSR count). The monoisotopic (exact) mass is 284 g/mol. The maximum Gasteiger partial charge on any atom is 0.255 e. The van der Waals surface area contributed by atoms with Crippen LogP contribution in [0.3, 0.4) is 0 Å². The Morgan fingerprint density at radius 2 is 2.47 bits per heavy atom. The average molecular weight is 285 g/mol. The molecular weight excluding hydrogens is 268 g/mol. The molecule has 1 amide bonds. The summed E-state index contributed by atoms with van der Waals surface area (Å²) in [6, 6.07) is 1.57. The van der Waals surface area contributed by atoms with E-state index < -0.39 is 0 Å². The number of halogens is 1. The van der Waals surface area contributed by atoms with Gasteiger partial charge in [0.2, 0.25) is 0 Å². The van der Waals surface area contributed by atoms with Gasteiger partial charge >= 0.3 is 0 Å². The van der Waals surface area contributed by atoms with E-state index in [0.717, 1.165) is 6.42 Å². The van der Waals surface area contributed by atoms with E-state index in [-0.39, 0.29) is 12.0 Å². The highest BCUT2D eigenvalue weighted by atomic mass is 35.5. The van der Waals surface area contributed by atoms with Crippen LogP contribution in [-0.2, 0) is 4.74 Å². The smallest absolute Gasteiger partial charge is 0.255 e. The first-order valence-corrected chi connectivity index (χ1v) is 6.52. The molecule has 0 spiro atoms. The maximum absolute atomic E-state index is 12.4. The molecule has 1 aromatic rings. The Labute approximate surface area is 116 Å². The van der Waals surface area contributed by atoms with E-state index in [1.165, 1.54) is 6.20 Å². The lowest BCUT2D eigenvalue weighted by Crippen LogP contribution is -2.36. The Kier molecular flexibility index (Phi) is 4.57. The first kappa shape index (κ1) is 14.0. The van der Waals surface area contributed by atoms with Crippen molar-refractivity contribution in [2.45, 2.75) is 19.4 Å². The first-order valence-electron chi connectivity index (χ1n) is 6.15. The lowest BCUT2D eigenvalue weighted by Gasteiger charge is -2.22. The van der Waals surface area contributed by atoms with Crippen LogP contribution < -0.4 is 11.3 Å². The summed E-state index contributed by atoms with van der Waals surface area (Å²) < 4.78 is 5.52. The lowest BCUT2D eigenvalue weighted by atomic mass is 10.2. The number of nitrogens with zero attached hydrogens (tertiary/aromatic N) is 2. The van der Waals surface area contributed by atoms with Crippen molar-refractivity contribution in [2.24, 2.45) is 5.84 Å². The topological polar surface area (TPSA) is 80.5 Å². The number of amides is 1. The third-order valence-electron chi connectivity index (χ3n) is 2.96. The van der Waals surface area contributed by atoms with E-state index in [2.05, 4.69) is 10.4 Å². The van der Waals surface area contributed by atoms with Gasteiger partial charge in [0.05, 0.1) is 16.7 Å². The third kappa shape index (κ3) is 3.34. The molecule has 1 aliphatic rings. The van der Waals surface area contributed by atoms with Gasteiger partial charge in [-0.25, -0.2) is 10.8 Å². The van der Waals surface area contributed by atoms with E-state index in [4.69, 9.17) is 22.2 Å². The van der Waals surface area contributed by atoms with Gasteiger partial charge in [0, 0.05) is 25.9 Å². The van der Waals surface area contributed by atoms with Gasteiger partial charge < -0.3 is 15.1 Å². The number of carbonyl (C=O) groups is 1. The summed E-state index contributed by atoms with van der Waals surface area (Å²) in [6.45, 7) is 3.89. The van der Waals surface area contributed by atoms with Crippen molar-refractivity contribution in [3.05, 3.63) is 22.8 Å². The molecule has 6 nitrogen and oxygen atoms in total. The second-order valence-electron chi connectivity index (χ2n) is 4.48. The highest BCUT2D eigenvalue weighted by molar-refractivity contribution is 6.33. The predicted molar refractivity (Wildman–Crippen MR) is 73.0 cm³/mol. The number of hydrogen-bond donors (Lipinski definition) is 2. The molecule has 0 aromatic carbocycles. The minimum Gasteiger partial charge on any atom is -0.377 e. The van der Waals surface area contributed by atoms with Gasteiger partial charge in [0.1, 0.15) is 0 Å².